The van der Waals surface area contributed by atoms with Gasteiger partial charge >= 0.3 is 0 Å². The van der Waals surface area contributed by atoms with Gasteiger partial charge in [-0.05, 0) is 13.8 Å². The fourth-order valence-electron chi connectivity index (χ4n) is 0.829. The molecule has 4 nitrogen and oxygen atoms in total. The van der Waals surface area contributed by atoms with Gasteiger partial charge in [0.2, 0.25) is 5.91 Å². The molecule has 0 aliphatic carbocycles. The molecule has 1 aromatic heterocycles. The molecule has 0 fully saturated rings. The number of hydrogen-bond acceptors (Lipinski definition) is 2. The monoisotopic (exact) mass is 179 g/mol. The summed E-state index contributed by atoms with van der Waals surface area (Å²) in [4.78, 5) is 18.1. The van der Waals surface area contributed by atoms with Crippen LogP contribution in [0, 0.1) is 0 Å². The third-order valence-electron chi connectivity index (χ3n) is 1.76. The second-order valence-electron chi connectivity index (χ2n) is 2.69. The molecule has 2 N–H and O–H groups in total. The summed E-state index contributed by atoms with van der Waals surface area (Å²) in [5.41, 5.74) is 0.714. The zero-order valence-electron chi connectivity index (χ0n) is 7.79. The highest BCUT2D eigenvalue weighted by Gasteiger charge is 2.02. The molecular weight excluding hydrogens is 166 g/mol. The Bertz CT molecular complexity index is 301. The highest BCUT2D eigenvalue weighted by Crippen LogP contribution is 1.93. The molecule has 0 unspecified atom stereocenters. The lowest BCUT2D eigenvalue weighted by Crippen LogP contribution is -2.23. The summed E-state index contributed by atoms with van der Waals surface area (Å²) in [7, 11) is 0. The summed E-state index contributed by atoms with van der Waals surface area (Å²) in [6.07, 6.45) is 5.16. The van der Waals surface area contributed by atoms with E-state index >= 15 is 0 Å². The maximum atomic E-state index is 11.2. The lowest BCUT2D eigenvalue weighted by Gasteiger charge is -2.01. The van der Waals surface area contributed by atoms with Gasteiger partial charge in [0.05, 0.1) is 6.54 Å². The number of nitrogens with one attached hydrogen (secondary N) is 2. The van der Waals surface area contributed by atoms with Crippen molar-refractivity contribution in [3.05, 3.63) is 29.9 Å². The van der Waals surface area contributed by atoms with Gasteiger partial charge in [0.25, 0.3) is 0 Å². The molecule has 0 bridgehead atoms. The van der Waals surface area contributed by atoms with Crippen LogP contribution in [0.2, 0.25) is 0 Å². The van der Waals surface area contributed by atoms with Crippen molar-refractivity contribution in [3.63, 3.8) is 0 Å². The largest absolute Gasteiger partial charge is 0.347 e. The van der Waals surface area contributed by atoms with Gasteiger partial charge in [-0.25, -0.2) is 4.98 Å². The Morgan fingerprint density at radius 2 is 2.54 bits per heavy atom. The maximum absolute atomic E-state index is 11.2. The average Bonchev–Trinajstić information content (AvgIpc) is 2.65. The third kappa shape index (κ3) is 2.74. The van der Waals surface area contributed by atoms with Crippen molar-refractivity contribution in [2.45, 2.75) is 20.4 Å². The smallest absolute Gasteiger partial charge is 0.246 e. The van der Waals surface area contributed by atoms with Crippen LogP contribution >= 0.6 is 0 Å². The number of imidazole rings is 1. The van der Waals surface area contributed by atoms with Gasteiger partial charge < -0.3 is 10.3 Å². The summed E-state index contributed by atoms with van der Waals surface area (Å²) in [6, 6.07) is 0. The van der Waals surface area contributed by atoms with Crippen LogP contribution in [0.15, 0.2) is 24.0 Å². The molecule has 13 heavy (non-hydrogen) atoms. The summed E-state index contributed by atoms with van der Waals surface area (Å²) < 4.78 is 0. The van der Waals surface area contributed by atoms with E-state index in [1.807, 2.05) is 6.92 Å². The lowest BCUT2D eigenvalue weighted by atomic mass is 10.3. The molecule has 1 heterocycles. The molecule has 0 aromatic carbocycles. The van der Waals surface area contributed by atoms with E-state index in [2.05, 4.69) is 15.3 Å². The molecule has 0 atom stereocenters. The van der Waals surface area contributed by atoms with Crippen LogP contribution in [0.3, 0.4) is 0 Å². The second-order valence-corrected chi connectivity index (χ2v) is 2.69. The molecule has 0 radical (unpaired) electrons. The number of aromatic amines is 1. The number of amides is 1. The Balaban J connectivity index is 2.40. The Kier molecular flexibility index (Phi) is 3.25. The van der Waals surface area contributed by atoms with Crippen molar-refractivity contribution in [1.29, 1.82) is 0 Å². The molecule has 0 aliphatic heterocycles. The quantitative estimate of drug-likeness (QED) is 0.680. The van der Waals surface area contributed by atoms with E-state index in [9.17, 15) is 4.79 Å². The lowest BCUT2D eigenvalue weighted by molar-refractivity contribution is -0.117. The topological polar surface area (TPSA) is 57.8 Å². The van der Waals surface area contributed by atoms with Gasteiger partial charge in [0.1, 0.15) is 5.82 Å². The van der Waals surface area contributed by atoms with E-state index < -0.39 is 0 Å². The van der Waals surface area contributed by atoms with Gasteiger partial charge in [-0.2, -0.15) is 0 Å². The summed E-state index contributed by atoms with van der Waals surface area (Å²) in [6.45, 7) is 4.05. The molecule has 0 aliphatic rings. The molecular formula is C9H13N3O. The predicted molar refractivity (Wildman–Crippen MR) is 49.9 cm³/mol. The van der Waals surface area contributed by atoms with Crippen molar-refractivity contribution in [1.82, 2.24) is 15.3 Å². The molecule has 0 spiro atoms. The number of H-pyrrole nitrogens is 1. The predicted octanol–water partition coefficient (Wildman–Crippen LogP) is 0.992. The Labute approximate surface area is 77.1 Å². The minimum atomic E-state index is -0.0566. The Morgan fingerprint density at radius 1 is 1.77 bits per heavy atom. The summed E-state index contributed by atoms with van der Waals surface area (Å²) in [5, 5.41) is 2.73. The number of allylic oxidation sites excluding steroid dienone is 1. The van der Waals surface area contributed by atoms with E-state index in [4.69, 9.17) is 0 Å². The highest BCUT2D eigenvalue weighted by molar-refractivity contribution is 5.92. The van der Waals surface area contributed by atoms with Gasteiger partial charge in [0.15, 0.2) is 0 Å². The van der Waals surface area contributed by atoms with Gasteiger partial charge in [-0.15, -0.1) is 0 Å². The van der Waals surface area contributed by atoms with Gasteiger partial charge in [0, 0.05) is 18.0 Å². The zero-order valence-corrected chi connectivity index (χ0v) is 7.79. The van der Waals surface area contributed by atoms with Crippen LogP contribution in [-0.4, -0.2) is 15.9 Å². The summed E-state index contributed by atoms with van der Waals surface area (Å²) >= 11 is 0. The van der Waals surface area contributed by atoms with Crippen molar-refractivity contribution < 1.29 is 4.79 Å². The third-order valence-corrected chi connectivity index (χ3v) is 1.76. The average molecular weight is 179 g/mol. The fourth-order valence-corrected chi connectivity index (χ4v) is 0.829. The SMILES string of the molecule is C/C=C(/C)C(=O)NCc1ncc[nH]1. The van der Waals surface area contributed by atoms with E-state index in [1.54, 1.807) is 25.4 Å². The minimum absolute atomic E-state index is 0.0566. The van der Waals surface area contributed by atoms with E-state index in [0.717, 1.165) is 5.82 Å². The Morgan fingerprint density at radius 3 is 3.08 bits per heavy atom. The first-order valence-corrected chi connectivity index (χ1v) is 4.13. The van der Waals surface area contributed by atoms with Crippen LogP contribution in [-0.2, 0) is 11.3 Å². The second kappa shape index (κ2) is 4.45. The van der Waals surface area contributed by atoms with Crippen LogP contribution in [0.4, 0.5) is 0 Å². The molecule has 0 saturated carbocycles. The molecule has 1 amide bonds. The van der Waals surface area contributed by atoms with E-state index in [1.165, 1.54) is 0 Å². The van der Waals surface area contributed by atoms with Crippen molar-refractivity contribution in [2.24, 2.45) is 0 Å². The first kappa shape index (κ1) is 9.51. The molecule has 4 heteroatoms. The minimum Gasteiger partial charge on any atom is -0.347 e. The van der Waals surface area contributed by atoms with Crippen molar-refractivity contribution >= 4 is 5.91 Å². The fraction of sp³-hybridized carbons (Fsp3) is 0.333. The number of hydrogen-bond donors (Lipinski definition) is 2. The zero-order chi connectivity index (χ0) is 9.68. The number of rotatable bonds is 3. The first-order valence-electron chi connectivity index (χ1n) is 4.13. The molecule has 1 aromatic rings. The van der Waals surface area contributed by atoms with Crippen LogP contribution in [0.5, 0.6) is 0 Å². The number of carbonyl (C=O) groups is 1. The van der Waals surface area contributed by atoms with Crippen LogP contribution in [0.25, 0.3) is 0 Å². The number of nitrogens with zero attached hydrogens (tertiary/aromatic N) is 1. The van der Waals surface area contributed by atoms with Gasteiger partial charge in [-0.3, -0.25) is 4.79 Å². The van der Waals surface area contributed by atoms with Gasteiger partial charge in [-0.1, -0.05) is 6.08 Å². The standard InChI is InChI=1S/C9H13N3O/c1-3-7(2)9(13)12-6-8-10-4-5-11-8/h3-5H,6H2,1-2H3,(H,10,11)(H,12,13)/b7-3-. The normalized spacial score (nSPS) is 11.4. The van der Waals surface area contributed by atoms with E-state index in [-0.39, 0.29) is 5.91 Å². The summed E-state index contributed by atoms with van der Waals surface area (Å²) in [5.74, 6) is 0.705. The number of carbonyl (C=O) groups excluding carboxylic acids is 1. The van der Waals surface area contributed by atoms with Crippen molar-refractivity contribution in [2.75, 3.05) is 0 Å². The molecule has 70 valence electrons. The van der Waals surface area contributed by atoms with Crippen LogP contribution < -0.4 is 5.32 Å². The number of aromatic nitrogens is 2. The maximum Gasteiger partial charge on any atom is 0.246 e. The van der Waals surface area contributed by atoms with Crippen molar-refractivity contribution in [3.8, 4) is 0 Å². The Hall–Kier alpha value is -1.58. The highest BCUT2D eigenvalue weighted by atomic mass is 16.1. The van der Waals surface area contributed by atoms with Crippen LogP contribution in [0.1, 0.15) is 19.7 Å². The molecule has 0 saturated heterocycles. The van der Waals surface area contributed by atoms with E-state index in [0.29, 0.717) is 12.1 Å². The first-order chi connectivity index (χ1) is 6.24. The molecule has 1 rings (SSSR count).